The molecule has 6 heteroatoms. The zero-order valence-electron chi connectivity index (χ0n) is 12.1. The van der Waals surface area contributed by atoms with Crippen molar-refractivity contribution in [1.29, 1.82) is 0 Å². The van der Waals surface area contributed by atoms with Gasteiger partial charge >= 0.3 is 5.97 Å². The number of carboxylic acids is 1. The van der Waals surface area contributed by atoms with Crippen molar-refractivity contribution in [3.8, 4) is 0 Å². The lowest BCUT2D eigenvalue weighted by atomic mass is 10.1. The lowest BCUT2D eigenvalue weighted by molar-refractivity contribution is -0.149. The average molecular weight is 302 g/mol. The Morgan fingerprint density at radius 2 is 1.86 bits per heavy atom. The first kappa shape index (κ1) is 15.8. The van der Waals surface area contributed by atoms with Crippen molar-refractivity contribution in [2.75, 3.05) is 6.54 Å². The molecule has 3 N–H and O–H groups in total. The smallest absolute Gasteiger partial charge is 0.372 e. The highest BCUT2D eigenvalue weighted by atomic mass is 16.4. The van der Waals surface area contributed by atoms with Gasteiger partial charge in [0, 0.05) is 23.9 Å². The van der Waals surface area contributed by atoms with Crippen LogP contribution in [0.1, 0.15) is 36.2 Å². The van der Waals surface area contributed by atoms with Gasteiger partial charge in [-0.05, 0) is 25.0 Å². The first-order valence-electron chi connectivity index (χ1n) is 7.20. The molecule has 1 heterocycles. The highest BCUT2D eigenvalue weighted by Crippen LogP contribution is 2.14. The van der Waals surface area contributed by atoms with Crippen molar-refractivity contribution in [3.05, 3.63) is 36.0 Å². The minimum absolute atomic E-state index is 0.0469. The summed E-state index contributed by atoms with van der Waals surface area (Å²) in [6, 6.07) is 9.46. The highest BCUT2D eigenvalue weighted by Gasteiger charge is 2.10. The third kappa shape index (κ3) is 4.18. The van der Waals surface area contributed by atoms with Crippen LogP contribution in [0.2, 0.25) is 0 Å². The Hall–Kier alpha value is -2.63. The van der Waals surface area contributed by atoms with Crippen LogP contribution in [-0.4, -0.2) is 34.3 Å². The molecule has 2 rings (SSSR count). The Kier molecular flexibility index (Phi) is 5.30. The van der Waals surface area contributed by atoms with Gasteiger partial charge in [0.1, 0.15) is 5.69 Å². The molecule has 0 spiro atoms. The summed E-state index contributed by atoms with van der Waals surface area (Å²) < 4.78 is 0. The number of ketones is 1. The number of aromatic amines is 1. The number of para-hydroxylation sites is 1. The molecule has 0 unspecified atom stereocenters. The van der Waals surface area contributed by atoms with Gasteiger partial charge < -0.3 is 15.4 Å². The number of hydrogen-bond donors (Lipinski definition) is 3. The van der Waals surface area contributed by atoms with Crippen LogP contribution in [0, 0.1) is 0 Å². The molecule has 2 aromatic rings. The van der Waals surface area contributed by atoms with Gasteiger partial charge in [-0.2, -0.15) is 0 Å². The molecule has 0 saturated heterocycles. The summed E-state index contributed by atoms with van der Waals surface area (Å²) in [7, 11) is 0. The van der Waals surface area contributed by atoms with Crippen molar-refractivity contribution in [2.24, 2.45) is 0 Å². The molecule has 0 fully saturated rings. The number of carbonyl (C=O) groups excluding carboxylic acids is 2. The van der Waals surface area contributed by atoms with Gasteiger partial charge in [0.05, 0.1) is 0 Å². The number of aromatic nitrogens is 1. The summed E-state index contributed by atoms with van der Waals surface area (Å²) in [6.07, 6.45) is 1.98. The molecular formula is C16H18N2O4. The van der Waals surface area contributed by atoms with Crippen LogP contribution in [0.4, 0.5) is 0 Å². The average Bonchev–Trinajstić information content (AvgIpc) is 2.94. The molecule has 0 atom stereocenters. The largest absolute Gasteiger partial charge is 0.476 e. The first-order valence-corrected chi connectivity index (χ1v) is 7.20. The first-order chi connectivity index (χ1) is 10.6. The van der Waals surface area contributed by atoms with Crippen molar-refractivity contribution >= 4 is 28.6 Å². The maximum Gasteiger partial charge on any atom is 0.372 e. The Morgan fingerprint density at radius 1 is 1.09 bits per heavy atom. The van der Waals surface area contributed by atoms with Crippen molar-refractivity contribution in [1.82, 2.24) is 10.3 Å². The van der Waals surface area contributed by atoms with E-state index in [1.165, 1.54) is 0 Å². The van der Waals surface area contributed by atoms with Crippen molar-refractivity contribution in [2.45, 2.75) is 25.7 Å². The number of carbonyl (C=O) groups is 3. The van der Waals surface area contributed by atoms with E-state index in [0.717, 1.165) is 10.9 Å². The number of fused-ring (bicyclic) bond motifs is 1. The Morgan fingerprint density at radius 3 is 2.59 bits per heavy atom. The zero-order valence-corrected chi connectivity index (χ0v) is 12.1. The predicted molar refractivity (Wildman–Crippen MR) is 81.7 cm³/mol. The number of rotatable bonds is 8. The van der Waals surface area contributed by atoms with E-state index >= 15 is 0 Å². The Bertz CT molecular complexity index is 657. The zero-order chi connectivity index (χ0) is 15.9. The topological polar surface area (TPSA) is 99.3 Å². The Labute approximate surface area is 127 Å². The van der Waals surface area contributed by atoms with Gasteiger partial charge in [0.15, 0.2) is 0 Å². The number of benzene rings is 1. The molecule has 22 heavy (non-hydrogen) atoms. The number of Topliss-reactive ketones (excluding diaryl/α,β-unsaturated/α-hetero) is 1. The van der Waals surface area contributed by atoms with Gasteiger partial charge in [-0.25, -0.2) is 4.79 Å². The summed E-state index contributed by atoms with van der Waals surface area (Å²) in [4.78, 5) is 36.2. The van der Waals surface area contributed by atoms with Crippen LogP contribution < -0.4 is 5.32 Å². The van der Waals surface area contributed by atoms with Crippen molar-refractivity contribution < 1.29 is 19.5 Å². The Balaban J connectivity index is 1.70. The SMILES string of the molecule is O=C(O)C(=O)CCCCCNC(=O)c1cc2ccccc2[nH]1. The highest BCUT2D eigenvalue weighted by molar-refractivity contribution is 6.32. The van der Waals surface area contributed by atoms with Crippen molar-refractivity contribution in [3.63, 3.8) is 0 Å². The van der Waals surface area contributed by atoms with E-state index in [-0.39, 0.29) is 12.3 Å². The third-order valence-electron chi connectivity index (χ3n) is 3.38. The van der Waals surface area contributed by atoms with Crippen LogP contribution in [0.3, 0.4) is 0 Å². The molecule has 0 aliphatic carbocycles. The lowest BCUT2D eigenvalue weighted by Gasteiger charge is -2.03. The molecule has 1 aromatic carbocycles. The summed E-state index contributed by atoms with van der Waals surface area (Å²) in [6.45, 7) is 0.495. The fourth-order valence-electron chi connectivity index (χ4n) is 2.19. The van der Waals surface area contributed by atoms with Gasteiger partial charge in [-0.15, -0.1) is 0 Å². The van der Waals surface area contributed by atoms with Crippen LogP contribution in [0.15, 0.2) is 30.3 Å². The number of unbranched alkanes of at least 4 members (excludes halogenated alkanes) is 2. The van der Waals surface area contributed by atoms with Crippen LogP contribution in [0.25, 0.3) is 10.9 Å². The van der Waals surface area contributed by atoms with Gasteiger partial charge in [0.2, 0.25) is 5.78 Å². The summed E-state index contributed by atoms with van der Waals surface area (Å²) in [5.41, 5.74) is 1.43. The molecule has 6 nitrogen and oxygen atoms in total. The van der Waals surface area contributed by atoms with E-state index < -0.39 is 11.8 Å². The standard InChI is InChI=1S/C16H18N2O4/c19-14(16(21)22)8-2-1-5-9-17-15(20)13-10-11-6-3-4-7-12(11)18-13/h3-4,6-7,10,18H,1-2,5,8-9H2,(H,17,20)(H,21,22). The van der Waals surface area contributed by atoms with E-state index in [9.17, 15) is 14.4 Å². The summed E-state index contributed by atoms with van der Waals surface area (Å²) in [5, 5.41) is 12.2. The molecule has 0 radical (unpaired) electrons. The summed E-state index contributed by atoms with van der Waals surface area (Å²) in [5.74, 6) is -2.31. The quantitative estimate of drug-likeness (QED) is 0.513. The molecule has 0 saturated carbocycles. The van der Waals surface area contributed by atoms with E-state index in [4.69, 9.17) is 5.11 Å². The molecule has 0 aliphatic rings. The van der Waals surface area contributed by atoms with E-state index in [1.54, 1.807) is 6.07 Å². The fraction of sp³-hybridized carbons (Fsp3) is 0.312. The van der Waals surface area contributed by atoms with Gasteiger partial charge in [-0.3, -0.25) is 9.59 Å². The fourth-order valence-corrected chi connectivity index (χ4v) is 2.19. The number of H-pyrrole nitrogens is 1. The normalized spacial score (nSPS) is 10.5. The molecule has 0 aliphatic heterocycles. The second-order valence-electron chi connectivity index (χ2n) is 5.07. The van der Waals surface area contributed by atoms with Crippen LogP contribution >= 0.6 is 0 Å². The maximum atomic E-state index is 12.0. The van der Waals surface area contributed by atoms with Gasteiger partial charge in [-0.1, -0.05) is 24.6 Å². The maximum absolute atomic E-state index is 12.0. The van der Waals surface area contributed by atoms with Crippen LogP contribution in [-0.2, 0) is 9.59 Å². The summed E-state index contributed by atoms with van der Waals surface area (Å²) >= 11 is 0. The number of aliphatic carboxylic acids is 1. The predicted octanol–water partition coefficient (Wildman–Crippen LogP) is 2.11. The van der Waals surface area contributed by atoms with E-state index in [1.807, 2.05) is 24.3 Å². The minimum Gasteiger partial charge on any atom is -0.476 e. The molecule has 1 amide bonds. The second kappa shape index (κ2) is 7.40. The number of carboxylic acid groups (broad SMARTS) is 1. The van der Waals surface area contributed by atoms with E-state index in [0.29, 0.717) is 31.5 Å². The molecular weight excluding hydrogens is 284 g/mol. The second-order valence-corrected chi connectivity index (χ2v) is 5.07. The van der Waals surface area contributed by atoms with Gasteiger partial charge in [0.25, 0.3) is 5.91 Å². The van der Waals surface area contributed by atoms with E-state index in [2.05, 4.69) is 10.3 Å². The molecule has 0 bridgehead atoms. The monoisotopic (exact) mass is 302 g/mol. The minimum atomic E-state index is -1.38. The molecule has 116 valence electrons. The third-order valence-corrected chi connectivity index (χ3v) is 3.38. The number of hydrogen-bond acceptors (Lipinski definition) is 3. The lowest BCUT2D eigenvalue weighted by Crippen LogP contribution is -2.24. The number of nitrogens with one attached hydrogen (secondary N) is 2. The van der Waals surface area contributed by atoms with Crippen LogP contribution in [0.5, 0.6) is 0 Å². The molecule has 1 aromatic heterocycles. The number of amides is 1.